The van der Waals surface area contributed by atoms with Crippen molar-refractivity contribution >= 4 is 12.2 Å². The van der Waals surface area contributed by atoms with Crippen LogP contribution in [0.1, 0.15) is 5.56 Å². The van der Waals surface area contributed by atoms with Crippen molar-refractivity contribution in [2.75, 3.05) is 0 Å². The molecule has 70 valence electrons. The molecule has 0 amide bonds. The summed E-state index contributed by atoms with van der Waals surface area (Å²) in [5, 5.41) is 0. The standard InChI is InChI=1S/C10H9N3S/c1-7-2-8(5-11-4-7)9-3-10(14)13-6-12-9/h2-6H,1H3,(H,12,13,14). The first-order valence-electron chi connectivity index (χ1n) is 4.22. The minimum absolute atomic E-state index is 0.584. The number of H-pyrrole nitrogens is 1. The molecule has 2 rings (SSSR count). The SMILES string of the molecule is Cc1cncc(-c2cc(=S)nc[nH]2)c1. The molecule has 2 aromatic heterocycles. The van der Waals surface area contributed by atoms with Crippen LogP contribution in [0.2, 0.25) is 0 Å². The Morgan fingerprint density at radius 1 is 1.29 bits per heavy atom. The maximum Gasteiger partial charge on any atom is 0.130 e. The van der Waals surface area contributed by atoms with Gasteiger partial charge in [0.1, 0.15) is 4.64 Å². The second-order valence-electron chi connectivity index (χ2n) is 3.05. The van der Waals surface area contributed by atoms with Crippen LogP contribution in [0.5, 0.6) is 0 Å². The first-order valence-corrected chi connectivity index (χ1v) is 4.63. The van der Waals surface area contributed by atoms with Gasteiger partial charge in [0.05, 0.1) is 12.0 Å². The van der Waals surface area contributed by atoms with Gasteiger partial charge in [-0.15, -0.1) is 0 Å². The van der Waals surface area contributed by atoms with E-state index in [1.807, 2.05) is 25.3 Å². The molecule has 0 fully saturated rings. The van der Waals surface area contributed by atoms with Gasteiger partial charge < -0.3 is 4.98 Å². The average molecular weight is 203 g/mol. The molecule has 0 radical (unpaired) electrons. The maximum absolute atomic E-state index is 4.98. The van der Waals surface area contributed by atoms with Gasteiger partial charge in [0, 0.05) is 18.0 Å². The lowest BCUT2D eigenvalue weighted by molar-refractivity contribution is 1.15. The lowest BCUT2D eigenvalue weighted by Crippen LogP contribution is -1.87. The van der Waals surface area contributed by atoms with Crippen molar-refractivity contribution in [3.05, 3.63) is 41.1 Å². The fourth-order valence-electron chi connectivity index (χ4n) is 1.24. The summed E-state index contributed by atoms with van der Waals surface area (Å²) in [5.41, 5.74) is 3.10. The zero-order chi connectivity index (χ0) is 9.97. The Hall–Kier alpha value is -1.55. The highest BCUT2D eigenvalue weighted by Crippen LogP contribution is 2.15. The van der Waals surface area contributed by atoms with Crippen LogP contribution in [0.4, 0.5) is 0 Å². The van der Waals surface area contributed by atoms with E-state index in [0.717, 1.165) is 16.8 Å². The van der Waals surface area contributed by atoms with Gasteiger partial charge in [-0.3, -0.25) is 4.98 Å². The number of pyridine rings is 1. The van der Waals surface area contributed by atoms with Gasteiger partial charge in [0.25, 0.3) is 0 Å². The van der Waals surface area contributed by atoms with Gasteiger partial charge in [0.15, 0.2) is 0 Å². The average Bonchev–Trinajstić information content (AvgIpc) is 2.18. The molecule has 0 saturated carbocycles. The summed E-state index contributed by atoms with van der Waals surface area (Å²) in [4.78, 5) is 11.1. The minimum atomic E-state index is 0.584. The second kappa shape index (κ2) is 3.67. The van der Waals surface area contributed by atoms with Crippen LogP contribution in [0.3, 0.4) is 0 Å². The molecule has 14 heavy (non-hydrogen) atoms. The number of hydrogen-bond donors (Lipinski definition) is 1. The molecule has 0 spiro atoms. The van der Waals surface area contributed by atoms with Crippen molar-refractivity contribution < 1.29 is 0 Å². The van der Waals surface area contributed by atoms with E-state index >= 15 is 0 Å². The molecule has 0 aliphatic rings. The molecular formula is C10H9N3S. The topological polar surface area (TPSA) is 41.6 Å². The van der Waals surface area contributed by atoms with Gasteiger partial charge >= 0.3 is 0 Å². The lowest BCUT2D eigenvalue weighted by atomic mass is 10.1. The molecule has 4 heteroatoms. The van der Waals surface area contributed by atoms with Gasteiger partial charge in [-0.2, -0.15) is 0 Å². The third kappa shape index (κ3) is 1.85. The first kappa shape index (κ1) is 9.02. The van der Waals surface area contributed by atoms with Crippen LogP contribution < -0.4 is 0 Å². The second-order valence-corrected chi connectivity index (χ2v) is 3.47. The van der Waals surface area contributed by atoms with Gasteiger partial charge in [-0.25, -0.2) is 4.98 Å². The van der Waals surface area contributed by atoms with Crippen molar-refractivity contribution in [3.63, 3.8) is 0 Å². The highest BCUT2D eigenvalue weighted by Gasteiger charge is 1.97. The molecule has 2 aromatic rings. The van der Waals surface area contributed by atoms with E-state index < -0.39 is 0 Å². The molecular weight excluding hydrogens is 194 g/mol. The maximum atomic E-state index is 4.98. The van der Waals surface area contributed by atoms with Crippen LogP contribution in [-0.2, 0) is 0 Å². The van der Waals surface area contributed by atoms with Gasteiger partial charge in [-0.05, 0) is 24.6 Å². The van der Waals surface area contributed by atoms with Crippen LogP contribution in [0, 0.1) is 11.6 Å². The van der Waals surface area contributed by atoms with E-state index in [4.69, 9.17) is 12.2 Å². The normalized spacial score (nSPS) is 10.1. The largest absolute Gasteiger partial charge is 0.346 e. The highest BCUT2D eigenvalue weighted by molar-refractivity contribution is 7.71. The smallest absolute Gasteiger partial charge is 0.130 e. The third-order valence-corrected chi connectivity index (χ3v) is 2.09. The Kier molecular flexibility index (Phi) is 2.37. The van der Waals surface area contributed by atoms with Crippen LogP contribution >= 0.6 is 12.2 Å². The molecule has 2 heterocycles. The zero-order valence-electron chi connectivity index (χ0n) is 7.69. The van der Waals surface area contributed by atoms with Crippen LogP contribution in [0.15, 0.2) is 30.9 Å². The van der Waals surface area contributed by atoms with E-state index in [1.54, 1.807) is 12.5 Å². The summed E-state index contributed by atoms with van der Waals surface area (Å²) in [5.74, 6) is 0. The van der Waals surface area contributed by atoms with Gasteiger partial charge in [0.2, 0.25) is 0 Å². The monoisotopic (exact) mass is 203 g/mol. The van der Waals surface area contributed by atoms with E-state index in [0.29, 0.717) is 4.64 Å². The molecule has 0 bridgehead atoms. The van der Waals surface area contributed by atoms with E-state index in [1.165, 1.54) is 0 Å². The summed E-state index contributed by atoms with van der Waals surface area (Å²) in [7, 11) is 0. The Labute approximate surface area is 86.9 Å². The molecule has 0 atom stereocenters. The molecule has 0 aliphatic heterocycles. The number of nitrogens with one attached hydrogen (secondary N) is 1. The molecule has 1 N–H and O–H groups in total. The van der Waals surface area contributed by atoms with E-state index in [2.05, 4.69) is 15.0 Å². The number of aromatic amines is 1. The molecule has 0 saturated heterocycles. The number of aromatic nitrogens is 3. The number of nitrogens with zero attached hydrogens (tertiary/aromatic N) is 2. The Morgan fingerprint density at radius 2 is 2.14 bits per heavy atom. The summed E-state index contributed by atoms with van der Waals surface area (Å²) in [6.07, 6.45) is 5.22. The Bertz CT molecular complexity index is 504. The molecule has 0 aromatic carbocycles. The summed E-state index contributed by atoms with van der Waals surface area (Å²) in [6, 6.07) is 3.87. The number of aryl methyl sites for hydroxylation is 1. The predicted molar refractivity (Wildman–Crippen MR) is 57.4 cm³/mol. The zero-order valence-corrected chi connectivity index (χ0v) is 8.51. The van der Waals surface area contributed by atoms with Crippen molar-refractivity contribution in [1.29, 1.82) is 0 Å². The molecule has 0 unspecified atom stereocenters. The fraction of sp³-hybridized carbons (Fsp3) is 0.100. The number of hydrogen-bond acceptors (Lipinski definition) is 3. The highest BCUT2D eigenvalue weighted by atomic mass is 32.1. The third-order valence-electron chi connectivity index (χ3n) is 1.87. The predicted octanol–water partition coefficient (Wildman–Crippen LogP) is 2.51. The number of rotatable bonds is 1. The fourth-order valence-corrected chi connectivity index (χ4v) is 1.41. The summed E-state index contributed by atoms with van der Waals surface area (Å²) >= 11 is 4.98. The van der Waals surface area contributed by atoms with Crippen molar-refractivity contribution in [2.24, 2.45) is 0 Å². The van der Waals surface area contributed by atoms with E-state index in [9.17, 15) is 0 Å². The quantitative estimate of drug-likeness (QED) is 0.724. The summed E-state index contributed by atoms with van der Waals surface area (Å²) in [6.45, 7) is 2.01. The van der Waals surface area contributed by atoms with Crippen molar-refractivity contribution in [1.82, 2.24) is 15.0 Å². The lowest BCUT2D eigenvalue weighted by Gasteiger charge is -2.01. The van der Waals surface area contributed by atoms with Crippen LogP contribution in [-0.4, -0.2) is 15.0 Å². The van der Waals surface area contributed by atoms with Crippen LogP contribution in [0.25, 0.3) is 11.3 Å². The minimum Gasteiger partial charge on any atom is -0.346 e. The molecule has 3 nitrogen and oxygen atoms in total. The summed E-state index contributed by atoms with van der Waals surface area (Å²) < 4.78 is 0.584. The first-order chi connectivity index (χ1) is 6.75. The Morgan fingerprint density at radius 3 is 2.86 bits per heavy atom. The van der Waals surface area contributed by atoms with Gasteiger partial charge in [-0.1, -0.05) is 12.2 Å². The van der Waals surface area contributed by atoms with E-state index in [-0.39, 0.29) is 0 Å². The Balaban J connectivity index is 2.55. The molecule has 0 aliphatic carbocycles. The van der Waals surface area contributed by atoms with Crippen molar-refractivity contribution in [2.45, 2.75) is 6.92 Å². The van der Waals surface area contributed by atoms with Crippen molar-refractivity contribution in [3.8, 4) is 11.3 Å².